The van der Waals surface area contributed by atoms with Crippen LogP contribution in [-0.2, 0) is 0 Å². The highest BCUT2D eigenvalue weighted by molar-refractivity contribution is 5.92. The third kappa shape index (κ3) is 3.01. The topological polar surface area (TPSA) is 58.1 Å². The number of piperidine rings is 1. The number of hydrogen-bond acceptors (Lipinski definition) is 4. The zero-order valence-corrected chi connectivity index (χ0v) is 12.8. The molecule has 2 fully saturated rings. The standard InChI is InChI=1S/C16H24N4O/c1-2-17-14-12-18-13(11-19-14)15(21)20-9-7-16(8-10-20)5-3-4-6-16/h11-12H,2-10H2,1H3,(H,17,19). The van der Waals surface area contributed by atoms with Gasteiger partial charge in [0.2, 0.25) is 0 Å². The Morgan fingerprint density at radius 2 is 1.90 bits per heavy atom. The normalized spacial score (nSPS) is 20.7. The van der Waals surface area contributed by atoms with E-state index in [4.69, 9.17) is 0 Å². The molecule has 1 saturated carbocycles. The molecule has 0 radical (unpaired) electrons. The van der Waals surface area contributed by atoms with Gasteiger partial charge in [0.1, 0.15) is 11.5 Å². The number of aromatic nitrogens is 2. The average Bonchev–Trinajstić information content (AvgIpc) is 2.97. The molecular weight excluding hydrogens is 264 g/mol. The lowest BCUT2D eigenvalue weighted by Crippen LogP contribution is -2.42. The lowest BCUT2D eigenvalue weighted by atomic mass is 9.77. The molecule has 1 aliphatic heterocycles. The van der Waals surface area contributed by atoms with E-state index in [0.29, 0.717) is 11.1 Å². The number of nitrogens with zero attached hydrogens (tertiary/aromatic N) is 3. The third-order valence-corrected chi connectivity index (χ3v) is 5.00. The van der Waals surface area contributed by atoms with E-state index < -0.39 is 0 Å². The summed E-state index contributed by atoms with van der Waals surface area (Å²) in [5.41, 5.74) is 0.996. The number of rotatable bonds is 3. The summed E-state index contributed by atoms with van der Waals surface area (Å²) in [5, 5.41) is 3.09. The molecule has 5 nitrogen and oxygen atoms in total. The zero-order valence-electron chi connectivity index (χ0n) is 12.8. The summed E-state index contributed by atoms with van der Waals surface area (Å²) in [4.78, 5) is 22.9. The number of nitrogens with one attached hydrogen (secondary N) is 1. The van der Waals surface area contributed by atoms with E-state index in [-0.39, 0.29) is 5.91 Å². The van der Waals surface area contributed by atoms with E-state index in [9.17, 15) is 4.79 Å². The Labute approximate surface area is 126 Å². The van der Waals surface area contributed by atoms with Gasteiger partial charge in [0.25, 0.3) is 5.91 Å². The molecule has 0 unspecified atom stereocenters. The Morgan fingerprint density at radius 3 is 2.48 bits per heavy atom. The van der Waals surface area contributed by atoms with Crippen molar-refractivity contribution in [3.05, 3.63) is 18.1 Å². The van der Waals surface area contributed by atoms with Crippen LogP contribution in [0.25, 0.3) is 0 Å². The molecule has 1 spiro atoms. The maximum absolute atomic E-state index is 12.5. The molecule has 0 aromatic carbocycles. The predicted molar refractivity (Wildman–Crippen MR) is 82.2 cm³/mol. The summed E-state index contributed by atoms with van der Waals surface area (Å²) in [6.07, 6.45) is 11.0. The second kappa shape index (κ2) is 6.00. The van der Waals surface area contributed by atoms with Gasteiger partial charge in [-0.3, -0.25) is 4.79 Å². The van der Waals surface area contributed by atoms with E-state index in [1.807, 2.05) is 11.8 Å². The largest absolute Gasteiger partial charge is 0.369 e. The molecule has 114 valence electrons. The Kier molecular flexibility index (Phi) is 4.08. The van der Waals surface area contributed by atoms with Crippen molar-refractivity contribution in [1.82, 2.24) is 14.9 Å². The van der Waals surface area contributed by atoms with Crippen molar-refractivity contribution in [2.75, 3.05) is 25.0 Å². The number of hydrogen-bond donors (Lipinski definition) is 1. The van der Waals surface area contributed by atoms with E-state index in [0.717, 1.165) is 38.3 Å². The number of likely N-dealkylation sites (tertiary alicyclic amines) is 1. The second-order valence-electron chi connectivity index (χ2n) is 6.32. The summed E-state index contributed by atoms with van der Waals surface area (Å²) in [6.45, 7) is 4.55. The van der Waals surface area contributed by atoms with Crippen LogP contribution in [0.5, 0.6) is 0 Å². The van der Waals surface area contributed by atoms with Crippen LogP contribution in [0.2, 0.25) is 0 Å². The molecule has 1 aromatic rings. The van der Waals surface area contributed by atoms with Crippen molar-refractivity contribution in [3.8, 4) is 0 Å². The second-order valence-corrected chi connectivity index (χ2v) is 6.32. The van der Waals surface area contributed by atoms with Gasteiger partial charge >= 0.3 is 0 Å². The van der Waals surface area contributed by atoms with E-state index in [1.165, 1.54) is 25.7 Å². The van der Waals surface area contributed by atoms with Crippen LogP contribution < -0.4 is 5.32 Å². The molecule has 0 bridgehead atoms. The van der Waals surface area contributed by atoms with Crippen LogP contribution in [0.4, 0.5) is 5.82 Å². The first-order chi connectivity index (χ1) is 10.2. The maximum Gasteiger partial charge on any atom is 0.274 e. The van der Waals surface area contributed by atoms with Crippen LogP contribution in [-0.4, -0.2) is 40.4 Å². The summed E-state index contributed by atoms with van der Waals surface area (Å²) < 4.78 is 0. The van der Waals surface area contributed by atoms with Gasteiger partial charge < -0.3 is 10.2 Å². The fourth-order valence-electron chi connectivity index (χ4n) is 3.68. The number of carbonyl (C=O) groups excluding carboxylic acids is 1. The van der Waals surface area contributed by atoms with Crippen LogP contribution in [0.1, 0.15) is 55.9 Å². The highest BCUT2D eigenvalue weighted by Gasteiger charge is 2.38. The molecule has 1 saturated heterocycles. The van der Waals surface area contributed by atoms with Crippen LogP contribution in [0.15, 0.2) is 12.4 Å². The maximum atomic E-state index is 12.5. The zero-order chi connectivity index (χ0) is 14.7. The minimum absolute atomic E-state index is 0.0263. The van der Waals surface area contributed by atoms with Gasteiger partial charge in [0, 0.05) is 19.6 Å². The van der Waals surface area contributed by atoms with Crippen molar-refractivity contribution >= 4 is 11.7 Å². The van der Waals surface area contributed by atoms with Gasteiger partial charge in [-0.15, -0.1) is 0 Å². The Balaban J connectivity index is 1.60. The van der Waals surface area contributed by atoms with Gasteiger partial charge in [-0.25, -0.2) is 9.97 Å². The van der Waals surface area contributed by atoms with Crippen molar-refractivity contribution in [3.63, 3.8) is 0 Å². The highest BCUT2D eigenvalue weighted by Crippen LogP contribution is 2.46. The molecule has 5 heteroatoms. The minimum atomic E-state index is 0.0263. The molecule has 3 rings (SSSR count). The summed E-state index contributed by atoms with van der Waals surface area (Å²) in [5.74, 6) is 0.746. The van der Waals surface area contributed by atoms with E-state index >= 15 is 0 Å². The molecule has 2 heterocycles. The predicted octanol–water partition coefficient (Wildman–Crippen LogP) is 2.70. The van der Waals surface area contributed by atoms with Crippen LogP contribution >= 0.6 is 0 Å². The van der Waals surface area contributed by atoms with E-state index in [1.54, 1.807) is 12.4 Å². The molecule has 1 amide bonds. The number of anilines is 1. The van der Waals surface area contributed by atoms with Gasteiger partial charge in [-0.05, 0) is 38.0 Å². The molecule has 21 heavy (non-hydrogen) atoms. The molecule has 2 aliphatic rings. The quantitative estimate of drug-likeness (QED) is 0.929. The van der Waals surface area contributed by atoms with Crippen molar-refractivity contribution in [2.24, 2.45) is 5.41 Å². The molecule has 1 N–H and O–H groups in total. The molecular formula is C16H24N4O. The van der Waals surface area contributed by atoms with Gasteiger partial charge in [-0.1, -0.05) is 12.8 Å². The lowest BCUT2D eigenvalue weighted by molar-refractivity contribution is 0.0581. The van der Waals surface area contributed by atoms with Crippen LogP contribution in [0, 0.1) is 5.41 Å². The van der Waals surface area contributed by atoms with E-state index in [2.05, 4.69) is 15.3 Å². The van der Waals surface area contributed by atoms with Crippen molar-refractivity contribution in [2.45, 2.75) is 45.4 Å². The summed E-state index contributed by atoms with van der Waals surface area (Å²) in [7, 11) is 0. The first-order valence-electron chi connectivity index (χ1n) is 8.08. The fraction of sp³-hybridized carbons (Fsp3) is 0.688. The lowest BCUT2D eigenvalue weighted by Gasteiger charge is -2.39. The fourth-order valence-corrected chi connectivity index (χ4v) is 3.68. The first kappa shape index (κ1) is 14.3. The van der Waals surface area contributed by atoms with Crippen molar-refractivity contribution < 1.29 is 4.79 Å². The summed E-state index contributed by atoms with van der Waals surface area (Å²) in [6, 6.07) is 0. The SMILES string of the molecule is CCNc1cnc(C(=O)N2CCC3(CCCC3)CC2)cn1. The van der Waals surface area contributed by atoms with Gasteiger partial charge in [-0.2, -0.15) is 0 Å². The Bertz CT molecular complexity index is 484. The highest BCUT2D eigenvalue weighted by atomic mass is 16.2. The molecule has 0 atom stereocenters. The third-order valence-electron chi connectivity index (χ3n) is 5.00. The van der Waals surface area contributed by atoms with Gasteiger partial charge in [0.05, 0.1) is 12.4 Å². The number of carbonyl (C=O) groups is 1. The average molecular weight is 288 g/mol. The number of amides is 1. The smallest absolute Gasteiger partial charge is 0.274 e. The van der Waals surface area contributed by atoms with Crippen LogP contribution in [0.3, 0.4) is 0 Å². The minimum Gasteiger partial charge on any atom is -0.369 e. The van der Waals surface area contributed by atoms with Crippen molar-refractivity contribution in [1.29, 1.82) is 0 Å². The summed E-state index contributed by atoms with van der Waals surface area (Å²) >= 11 is 0. The Hall–Kier alpha value is -1.65. The monoisotopic (exact) mass is 288 g/mol. The molecule has 1 aliphatic carbocycles. The van der Waals surface area contributed by atoms with Gasteiger partial charge in [0.15, 0.2) is 0 Å². The molecule has 1 aromatic heterocycles. The first-order valence-corrected chi connectivity index (χ1v) is 8.08. The Morgan fingerprint density at radius 1 is 1.19 bits per heavy atom.